The Balaban J connectivity index is 1.12. The molecule has 1 saturated heterocycles. The van der Waals surface area contributed by atoms with Crippen molar-refractivity contribution < 1.29 is 9.59 Å². The van der Waals surface area contributed by atoms with Crippen LogP contribution in [-0.2, 0) is 11.3 Å². The summed E-state index contributed by atoms with van der Waals surface area (Å²) in [7, 11) is 2.01. The molecule has 2 unspecified atom stereocenters. The number of pyridine rings is 2. The smallest absolute Gasteiger partial charge is 0.329 e. The molecule has 0 spiro atoms. The summed E-state index contributed by atoms with van der Waals surface area (Å²) < 4.78 is 1.88. The molecule has 194 valence electrons. The zero-order valence-electron chi connectivity index (χ0n) is 21.6. The number of amides is 3. The molecule has 10 heteroatoms. The molecule has 2 fully saturated rings. The lowest BCUT2D eigenvalue weighted by Gasteiger charge is -2.18. The molecule has 7 rings (SSSR count). The standard InChI is InChI=1S/C29H26N8O2/c1-17-7-8-30-27(32-17)23-12-22(23)18-5-6-24-19(10-18)11-21(13-31-24)35(2)14-20-15-36-9-3-4-25(28(36)33-20)37-16-26(38)34-29(37)39/h3-11,13,15,22-23H,12,14,16H2,1-2H3,(H,34,38,39). The average molecular weight is 519 g/mol. The molecule has 10 nitrogen and oxygen atoms in total. The molecule has 1 aliphatic carbocycles. The van der Waals surface area contributed by atoms with Crippen molar-refractivity contribution in [1.82, 2.24) is 29.7 Å². The number of imide groups is 1. The number of hydrogen-bond acceptors (Lipinski definition) is 7. The van der Waals surface area contributed by atoms with Gasteiger partial charge in [0.15, 0.2) is 5.65 Å². The summed E-state index contributed by atoms with van der Waals surface area (Å²) in [6.07, 6.45) is 8.61. The van der Waals surface area contributed by atoms with Crippen molar-refractivity contribution in [2.24, 2.45) is 0 Å². The lowest BCUT2D eigenvalue weighted by Crippen LogP contribution is -2.28. The molecule has 1 N–H and O–H groups in total. The van der Waals surface area contributed by atoms with Gasteiger partial charge in [-0.3, -0.25) is 20.0 Å². The summed E-state index contributed by atoms with van der Waals surface area (Å²) in [4.78, 5) is 46.1. The SMILES string of the molecule is Cc1ccnc(C2CC2c2ccc3ncc(N(C)Cc4cn5cccc(N6CC(=O)NC6=O)c5n4)cc3c2)n1. The number of urea groups is 1. The van der Waals surface area contributed by atoms with Crippen molar-refractivity contribution in [1.29, 1.82) is 0 Å². The van der Waals surface area contributed by atoms with Crippen molar-refractivity contribution >= 4 is 39.9 Å². The minimum Gasteiger partial charge on any atom is -0.367 e. The highest BCUT2D eigenvalue weighted by Gasteiger charge is 2.41. The summed E-state index contributed by atoms with van der Waals surface area (Å²) in [5.41, 5.74) is 6.29. The van der Waals surface area contributed by atoms with Crippen LogP contribution in [0.25, 0.3) is 16.6 Å². The van der Waals surface area contributed by atoms with E-state index in [4.69, 9.17) is 9.97 Å². The first kappa shape index (κ1) is 23.3. The monoisotopic (exact) mass is 518 g/mol. The predicted octanol–water partition coefficient (Wildman–Crippen LogP) is 3.94. The number of benzene rings is 1. The van der Waals surface area contributed by atoms with Gasteiger partial charge in [0.2, 0.25) is 5.91 Å². The van der Waals surface area contributed by atoms with Crippen molar-refractivity contribution in [3.8, 4) is 0 Å². The number of hydrogen-bond donors (Lipinski definition) is 1. The van der Waals surface area contributed by atoms with Crippen LogP contribution in [0, 0.1) is 6.92 Å². The minimum atomic E-state index is -0.430. The maximum atomic E-state index is 12.2. The summed E-state index contributed by atoms with van der Waals surface area (Å²) in [6, 6.07) is 13.8. The van der Waals surface area contributed by atoms with E-state index in [-0.39, 0.29) is 12.5 Å². The van der Waals surface area contributed by atoms with Gasteiger partial charge in [0, 0.05) is 42.6 Å². The highest BCUT2D eigenvalue weighted by molar-refractivity contribution is 6.13. The lowest BCUT2D eigenvalue weighted by atomic mass is 10.1. The molecule has 1 aliphatic heterocycles. The van der Waals surface area contributed by atoms with Gasteiger partial charge < -0.3 is 9.30 Å². The van der Waals surface area contributed by atoms with Gasteiger partial charge in [0.25, 0.3) is 0 Å². The summed E-state index contributed by atoms with van der Waals surface area (Å²) in [5.74, 6) is 1.41. The number of aryl methyl sites for hydroxylation is 1. The Kier molecular flexibility index (Phi) is 5.29. The summed E-state index contributed by atoms with van der Waals surface area (Å²) in [6.45, 7) is 2.54. The second kappa shape index (κ2) is 8.87. The first-order chi connectivity index (χ1) is 18.9. The third kappa shape index (κ3) is 4.23. The summed E-state index contributed by atoms with van der Waals surface area (Å²) >= 11 is 0. The van der Waals surface area contributed by atoms with Gasteiger partial charge in [0.1, 0.15) is 12.4 Å². The van der Waals surface area contributed by atoms with E-state index in [1.807, 2.05) is 55.3 Å². The fourth-order valence-electron chi connectivity index (χ4n) is 5.38. The highest BCUT2D eigenvalue weighted by atomic mass is 16.2. The van der Waals surface area contributed by atoms with Crippen LogP contribution in [0.2, 0.25) is 0 Å². The number of imidazole rings is 1. The zero-order valence-corrected chi connectivity index (χ0v) is 21.6. The van der Waals surface area contributed by atoms with Gasteiger partial charge in [0.05, 0.1) is 35.3 Å². The van der Waals surface area contributed by atoms with Crippen LogP contribution in [0.4, 0.5) is 16.2 Å². The van der Waals surface area contributed by atoms with Crippen LogP contribution < -0.4 is 15.1 Å². The summed E-state index contributed by atoms with van der Waals surface area (Å²) in [5, 5.41) is 3.41. The normalized spacial score (nSPS) is 18.7. The molecular weight excluding hydrogens is 492 g/mol. The van der Waals surface area contributed by atoms with Crippen molar-refractivity contribution in [2.45, 2.75) is 31.7 Å². The molecule has 4 aromatic heterocycles. The first-order valence-electron chi connectivity index (χ1n) is 12.9. The average Bonchev–Trinajstić information content (AvgIpc) is 3.51. The Hall–Kier alpha value is -4.86. The fraction of sp³-hybridized carbons (Fsp3) is 0.241. The number of nitrogens with one attached hydrogen (secondary N) is 1. The van der Waals surface area contributed by atoms with Crippen molar-refractivity contribution in [2.75, 3.05) is 23.4 Å². The molecule has 1 aromatic carbocycles. The van der Waals surface area contributed by atoms with Gasteiger partial charge in [-0.05, 0) is 61.2 Å². The second-order valence-corrected chi connectivity index (χ2v) is 10.3. The van der Waals surface area contributed by atoms with E-state index in [2.05, 4.69) is 44.5 Å². The van der Waals surface area contributed by atoms with Crippen molar-refractivity contribution in [3.63, 3.8) is 0 Å². The van der Waals surface area contributed by atoms with Gasteiger partial charge in [-0.25, -0.2) is 19.7 Å². The quantitative estimate of drug-likeness (QED) is 0.339. The maximum Gasteiger partial charge on any atom is 0.329 e. The van der Waals surface area contributed by atoms with Crippen LogP contribution in [0.3, 0.4) is 0 Å². The van der Waals surface area contributed by atoms with E-state index in [1.54, 1.807) is 6.07 Å². The topological polar surface area (TPSA) is 109 Å². The molecule has 3 amide bonds. The molecule has 5 aromatic rings. The van der Waals surface area contributed by atoms with Crippen molar-refractivity contribution in [3.05, 3.63) is 90.0 Å². The third-order valence-electron chi connectivity index (χ3n) is 7.49. The molecule has 0 radical (unpaired) electrons. The third-order valence-corrected chi connectivity index (χ3v) is 7.49. The van der Waals surface area contributed by atoms with Gasteiger partial charge in [-0.1, -0.05) is 6.07 Å². The van der Waals surface area contributed by atoms with Crippen LogP contribution in [0.1, 0.15) is 41.0 Å². The van der Waals surface area contributed by atoms with E-state index in [1.165, 1.54) is 10.5 Å². The van der Waals surface area contributed by atoms with E-state index in [0.717, 1.165) is 40.2 Å². The van der Waals surface area contributed by atoms with Crippen LogP contribution in [-0.4, -0.2) is 49.9 Å². The Morgan fingerprint density at radius 3 is 2.79 bits per heavy atom. The van der Waals surface area contributed by atoms with E-state index in [0.29, 0.717) is 29.7 Å². The molecule has 39 heavy (non-hydrogen) atoms. The second-order valence-electron chi connectivity index (χ2n) is 10.3. The molecule has 2 atom stereocenters. The largest absolute Gasteiger partial charge is 0.367 e. The number of fused-ring (bicyclic) bond motifs is 2. The number of nitrogens with zero attached hydrogens (tertiary/aromatic N) is 7. The number of carbonyl (C=O) groups excluding carboxylic acids is 2. The number of carbonyl (C=O) groups is 2. The Morgan fingerprint density at radius 2 is 1.97 bits per heavy atom. The van der Waals surface area contributed by atoms with Gasteiger partial charge >= 0.3 is 6.03 Å². The molecule has 5 heterocycles. The van der Waals surface area contributed by atoms with E-state index < -0.39 is 6.03 Å². The predicted molar refractivity (Wildman–Crippen MR) is 147 cm³/mol. The number of rotatable bonds is 6. The number of aromatic nitrogens is 5. The first-order valence-corrected chi connectivity index (χ1v) is 12.9. The molecule has 2 aliphatic rings. The molecule has 1 saturated carbocycles. The lowest BCUT2D eigenvalue weighted by molar-refractivity contribution is -0.117. The minimum absolute atomic E-state index is 0.00896. The molecular formula is C29H26N8O2. The van der Waals surface area contributed by atoms with Crippen LogP contribution in [0.5, 0.6) is 0 Å². The molecule has 0 bridgehead atoms. The highest BCUT2D eigenvalue weighted by Crippen LogP contribution is 2.53. The van der Waals surface area contributed by atoms with Crippen LogP contribution >= 0.6 is 0 Å². The Labute approximate surface area is 224 Å². The zero-order chi connectivity index (χ0) is 26.7. The van der Waals surface area contributed by atoms with Gasteiger partial charge in [-0.15, -0.1) is 0 Å². The van der Waals surface area contributed by atoms with Gasteiger partial charge in [-0.2, -0.15) is 0 Å². The van der Waals surface area contributed by atoms with E-state index >= 15 is 0 Å². The van der Waals surface area contributed by atoms with E-state index in [9.17, 15) is 9.59 Å². The Bertz CT molecular complexity index is 1780. The number of anilines is 2. The maximum absolute atomic E-state index is 12.2. The van der Waals surface area contributed by atoms with Crippen LogP contribution in [0.15, 0.2) is 67.3 Å². The fourth-order valence-corrected chi connectivity index (χ4v) is 5.38. The Morgan fingerprint density at radius 1 is 1.08 bits per heavy atom.